The molecule has 0 radical (unpaired) electrons. The minimum absolute atomic E-state index is 0.0733. The van der Waals surface area contributed by atoms with Gasteiger partial charge in [-0.15, -0.1) is 0 Å². The Balaban J connectivity index is 2.18. The standard InChI is InChI=1S/C16H11ClFNO2/c1-21-14-4-2-3-12(18)15(14)16(20)11-8-19-13-7-9(17)5-6-10(11)13/h2-8,19H,1H3. The fourth-order valence-corrected chi connectivity index (χ4v) is 2.49. The average molecular weight is 304 g/mol. The van der Waals surface area contributed by atoms with Crippen LogP contribution >= 0.6 is 11.6 Å². The number of hydrogen-bond donors (Lipinski definition) is 1. The highest BCUT2D eigenvalue weighted by atomic mass is 35.5. The van der Waals surface area contributed by atoms with Gasteiger partial charge in [0, 0.05) is 27.7 Å². The zero-order valence-corrected chi connectivity index (χ0v) is 11.9. The number of aromatic amines is 1. The predicted molar refractivity (Wildman–Crippen MR) is 79.7 cm³/mol. The summed E-state index contributed by atoms with van der Waals surface area (Å²) in [5, 5.41) is 1.25. The minimum Gasteiger partial charge on any atom is -0.496 e. The van der Waals surface area contributed by atoms with E-state index in [4.69, 9.17) is 16.3 Å². The lowest BCUT2D eigenvalue weighted by atomic mass is 10.0. The predicted octanol–water partition coefficient (Wildman–Crippen LogP) is 4.20. The third-order valence-corrected chi connectivity index (χ3v) is 3.55. The molecule has 0 spiro atoms. The molecule has 106 valence electrons. The number of carbonyl (C=O) groups excluding carboxylic acids is 1. The van der Waals surface area contributed by atoms with Crippen molar-refractivity contribution >= 4 is 28.3 Å². The van der Waals surface area contributed by atoms with Gasteiger partial charge in [0.05, 0.1) is 7.11 Å². The van der Waals surface area contributed by atoms with Gasteiger partial charge in [0.1, 0.15) is 17.1 Å². The van der Waals surface area contributed by atoms with Gasteiger partial charge in [0.2, 0.25) is 5.78 Å². The lowest BCUT2D eigenvalue weighted by Crippen LogP contribution is -2.06. The molecule has 0 amide bonds. The van der Waals surface area contributed by atoms with Crippen LogP contribution in [0, 0.1) is 5.82 Å². The van der Waals surface area contributed by atoms with Crippen molar-refractivity contribution in [2.75, 3.05) is 7.11 Å². The molecule has 0 bridgehead atoms. The first-order valence-corrected chi connectivity index (χ1v) is 6.63. The van der Waals surface area contributed by atoms with E-state index >= 15 is 0 Å². The Bertz CT molecular complexity index is 841. The third-order valence-electron chi connectivity index (χ3n) is 3.31. The highest BCUT2D eigenvalue weighted by Crippen LogP contribution is 2.28. The fourth-order valence-electron chi connectivity index (χ4n) is 2.32. The molecule has 2 aromatic carbocycles. The quantitative estimate of drug-likeness (QED) is 0.737. The molecule has 1 N–H and O–H groups in total. The van der Waals surface area contributed by atoms with E-state index in [1.165, 1.54) is 19.2 Å². The van der Waals surface area contributed by atoms with Crippen LogP contribution in [0.4, 0.5) is 4.39 Å². The van der Waals surface area contributed by atoms with Gasteiger partial charge in [0.25, 0.3) is 0 Å². The Labute approximate surface area is 125 Å². The minimum atomic E-state index is -0.609. The summed E-state index contributed by atoms with van der Waals surface area (Å²) in [6, 6.07) is 9.43. The van der Waals surface area contributed by atoms with E-state index in [1.54, 1.807) is 30.5 Å². The SMILES string of the molecule is COc1cccc(F)c1C(=O)c1c[nH]c2cc(Cl)ccc12. The van der Waals surface area contributed by atoms with Crippen molar-refractivity contribution in [2.45, 2.75) is 0 Å². The molecule has 5 heteroatoms. The number of carbonyl (C=O) groups is 1. The number of nitrogens with one attached hydrogen (secondary N) is 1. The zero-order valence-electron chi connectivity index (χ0n) is 11.1. The number of aromatic nitrogens is 1. The first-order valence-electron chi connectivity index (χ1n) is 6.25. The summed E-state index contributed by atoms with van der Waals surface area (Å²) in [4.78, 5) is 15.6. The van der Waals surface area contributed by atoms with E-state index in [0.29, 0.717) is 16.0 Å². The molecule has 3 nitrogen and oxygen atoms in total. The molecule has 1 heterocycles. The monoisotopic (exact) mass is 303 g/mol. The van der Waals surface area contributed by atoms with Crippen LogP contribution in [0.3, 0.4) is 0 Å². The van der Waals surface area contributed by atoms with Crippen molar-refractivity contribution in [1.29, 1.82) is 0 Å². The lowest BCUT2D eigenvalue weighted by Gasteiger charge is -2.08. The van der Waals surface area contributed by atoms with E-state index < -0.39 is 11.6 Å². The molecule has 21 heavy (non-hydrogen) atoms. The van der Waals surface area contributed by atoms with Gasteiger partial charge in [-0.25, -0.2) is 4.39 Å². The Morgan fingerprint density at radius 2 is 2.10 bits per heavy atom. The Kier molecular flexibility index (Phi) is 3.39. The van der Waals surface area contributed by atoms with Crippen LogP contribution in [0.1, 0.15) is 15.9 Å². The number of halogens is 2. The first kappa shape index (κ1) is 13.6. The largest absolute Gasteiger partial charge is 0.496 e. The number of benzene rings is 2. The van der Waals surface area contributed by atoms with Crippen molar-refractivity contribution in [2.24, 2.45) is 0 Å². The number of methoxy groups -OCH3 is 1. The molecule has 0 atom stereocenters. The topological polar surface area (TPSA) is 42.1 Å². The van der Waals surface area contributed by atoms with Crippen LogP contribution in [0.2, 0.25) is 5.02 Å². The zero-order chi connectivity index (χ0) is 15.0. The third kappa shape index (κ3) is 2.28. The summed E-state index contributed by atoms with van der Waals surface area (Å²) in [7, 11) is 1.40. The molecule has 0 aliphatic heterocycles. The summed E-state index contributed by atoms with van der Waals surface area (Å²) in [6.45, 7) is 0. The number of fused-ring (bicyclic) bond motifs is 1. The van der Waals surface area contributed by atoms with Crippen molar-refractivity contribution in [3.63, 3.8) is 0 Å². The highest BCUT2D eigenvalue weighted by molar-refractivity contribution is 6.31. The summed E-state index contributed by atoms with van der Waals surface area (Å²) in [5.41, 5.74) is 1.03. The molecule has 0 unspecified atom stereocenters. The summed E-state index contributed by atoms with van der Waals surface area (Å²) < 4.78 is 19.1. The molecular formula is C16H11ClFNO2. The van der Waals surface area contributed by atoms with Crippen LogP contribution < -0.4 is 4.74 Å². The van der Waals surface area contributed by atoms with Crippen LogP contribution in [0.5, 0.6) is 5.75 Å². The molecule has 3 aromatic rings. The van der Waals surface area contributed by atoms with E-state index in [1.807, 2.05) is 0 Å². The molecule has 0 fully saturated rings. The molecule has 3 rings (SSSR count). The Morgan fingerprint density at radius 3 is 2.86 bits per heavy atom. The molecule has 0 aliphatic carbocycles. The fraction of sp³-hybridized carbons (Fsp3) is 0.0625. The van der Waals surface area contributed by atoms with Gasteiger partial charge in [-0.2, -0.15) is 0 Å². The van der Waals surface area contributed by atoms with Crippen molar-refractivity contribution < 1.29 is 13.9 Å². The van der Waals surface area contributed by atoms with Crippen molar-refractivity contribution in [3.8, 4) is 5.75 Å². The Morgan fingerprint density at radius 1 is 1.29 bits per heavy atom. The van der Waals surface area contributed by atoms with E-state index in [2.05, 4.69) is 4.98 Å². The van der Waals surface area contributed by atoms with Gasteiger partial charge < -0.3 is 9.72 Å². The number of ether oxygens (including phenoxy) is 1. The normalized spacial score (nSPS) is 10.8. The maximum atomic E-state index is 14.0. The van der Waals surface area contributed by atoms with Crippen LogP contribution in [0.15, 0.2) is 42.6 Å². The van der Waals surface area contributed by atoms with E-state index in [0.717, 1.165) is 5.52 Å². The van der Waals surface area contributed by atoms with Gasteiger partial charge in [0.15, 0.2) is 0 Å². The van der Waals surface area contributed by atoms with Gasteiger partial charge in [-0.1, -0.05) is 23.7 Å². The molecule has 0 aliphatic rings. The smallest absolute Gasteiger partial charge is 0.201 e. The highest BCUT2D eigenvalue weighted by Gasteiger charge is 2.21. The molecular weight excluding hydrogens is 293 g/mol. The second-order valence-electron chi connectivity index (χ2n) is 4.54. The first-order chi connectivity index (χ1) is 10.1. The number of rotatable bonds is 3. The number of H-pyrrole nitrogens is 1. The van der Waals surface area contributed by atoms with Crippen LogP contribution in [0.25, 0.3) is 10.9 Å². The van der Waals surface area contributed by atoms with E-state index in [9.17, 15) is 9.18 Å². The van der Waals surface area contributed by atoms with Crippen LogP contribution in [-0.4, -0.2) is 17.9 Å². The van der Waals surface area contributed by atoms with Crippen molar-refractivity contribution in [3.05, 3.63) is 64.6 Å². The maximum absolute atomic E-state index is 14.0. The second-order valence-corrected chi connectivity index (χ2v) is 4.97. The van der Waals surface area contributed by atoms with Gasteiger partial charge in [-0.3, -0.25) is 4.79 Å². The lowest BCUT2D eigenvalue weighted by molar-refractivity contribution is 0.103. The number of ketones is 1. The maximum Gasteiger partial charge on any atom is 0.201 e. The number of hydrogen-bond acceptors (Lipinski definition) is 2. The summed E-state index contributed by atoms with van der Waals surface area (Å²) in [5.74, 6) is -0.829. The van der Waals surface area contributed by atoms with Crippen LogP contribution in [-0.2, 0) is 0 Å². The summed E-state index contributed by atoms with van der Waals surface area (Å²) in [6.07, 6.45) is 1.55. The Hall–Kier alpha value is -2.33. The van der Waals surface area contributed by atoms with E-state index in [-0.39, 0.29) is 11.3 Å². The van der Waals surface area contributed by atoms with Crippen molar-refractivity contribution in [1.82, 2.24) is 4.98 Å². The average Bonchev–Trinajstić information content (AvgIpc) is 2.89. The van der Waals surface area contributed by atoms with Gasteiger partial charge in [-0.05, 0) is 24.3 Å². The second kappa shape index (κ2) is 5.22. The molecule has 0 saturated carbocycles. The van der Waals surface area contributed by atoms with Gasteiger partial charge >= 0.3 is 0 Å². The molecule has 1 aromatic heterocycles. The molecule has 0 saturated heterocycles. The summed E-state index contributed by atoms with van der Waals surface area (Å²) >= 11 is 5.91.